The Bertz CT molecular complexity index is 697. The number of nitrogen functional groups attached to an aromatic ring is 1. The molecule has 4 N–H and O–H groups in total. The number of fused-ring (bicyclic) bond motifs is 1. The molecule has 1 aliphatic heterocycles. The first kappa shape index (κ1) is 12.9. The van der Waals surface area contributed by atoms with Gasteiger partial charge in [0.05, 0.1) is 6.54 Å². The molecule has 2 aromatic heterocycles. The summed E-state index contributed by atoms with van der Waals surface area (Å²) < 4.78 is 1.05. The highest BCUT2D eigenvalue weighted by molar-refractivity contribution is 7.19. The molecule has 0 spiro atoms. The van der Waals surface area contributed by atoms with Crippen LogP contribution in [0.25, 0.3) is 10.1 Å². The number of anilines is 1. The summed E-state index contributed by atoms with van der Waals surface area (Å²) in [6.07, 6.45) is 2.17. The van der Waals surface area contributed by atoms with Gasteiger partial charge in [0, 0.05) is 27.7 Å². The molecule has 0 aliphatic carbocycles. The molecule has 7 heteroatoms. The Morgan fingerprint density at radius 1 is 1.55 bits per heavy atom. The van der Waals surface area contributed by atoms with Crippen LogP contribution in [0.1, 0.15) is 11.3 Å². The van der Waals surface area contributed by atoms with Crippen LogP contribution in [0.2, 0.25) is 0 Å². The first-order chi connectivity index (χ1) is 9.56. The molecule has 6 nitrogen and oxygen atoms in total. The molecular formula is C13H14N4O2S. The number of hydrogen-bond donors (Lipinski definition) is 2. The van der Waals surface area contributed by atoms with Crippen molar-refractivity contribution >= 4 is 39.1 Å². The molecule has 0 aromatic carbocycles. The molecule has 2 amide bonds. The van der Waals surface area contributed by atoms with Crippen molar-refractivity contribution in [2.75, 3.05) is 12.3 Å². The van der Waals surface area contributed by atoms with Gasteiger partial charge in [0.15, 0.2) is 0 Å². The van der Waals surface area contributed by atoms with Gasteiger partial charge in [0.2, 0.25) is 11.8 Å². The third-order valence-corrected chi connectivity index (χ3v) is 4.60. The maximum atomic E-state index is 12.0. The minimum atomic E-state index is -0.670. The lowest BCUT2D eigenvalue weighted by Crippen LogP contribution is -2.32. The number of nitrogens with zero attached hydrogens (tertiary/aromatic N) is 2. The molecule has 104 valence electrons. The Balaban J connectivity index is 1.82. The fourth-order valence-electron chi connectivity index (χ4n) is 2.46. The summed E-state index contributed by atoms with van der Waals surface area (Å²) in [6.45, 7) is 1.05. The number of amides is 2. The van der Waals surface area contributed by atoms with Gasteiger partial charge in [-0.1, -0.05) is 0 Å². The van der Waals surface area contributed by atoms with Crippen molar-refractivity contribution in [1.29, 1.82) is 0 Å². The normalized spacial score (nSPS) is 18.9. The quantitative estimate of drug-likeness (QED) is 0.813. The lowest BCUT2D eigenvalue weighted by molar-refractivity contribution is -0.136. The van der Waals surface area contributed by atoms with Gasteiger partial charge in [-0.05, 0) is 18.6 Å². The first-order valence-corrected chi connectivity index (χ1v) is 7.09. The number of primary amides is 1. The topological polar surface area (TPSA) is 102 Å². The number of thiophene rings is 1. The van der Waals surface area contributed by atoms with Crippen molar-refractivity contribution in [1.82, 2.24) is 9.88 Å². The van der Waals surface area contributed by atoms with Crippen LogP contribution in [0.3, 0.4) is 0 Å². The van der Waals surface area contributed by atoms with Gasteiger partial charge in [-0.3, -0.25) is 9.59 Å². The number of hydrogen-bond acceptors (Lipinski definition) is 5. The zero-order chi connectivity index (χ0) is 14.3. The van der Waals surface area contributed by atoms with E-state index in [9.17, 15) is 9.59 Å². The monoisotopic (exact) mass is 290 g/mol. The maximum absolute atomic E-state index is 12.0. The van der Waals surface area contributed by atoms with E-state index < -0.39 is 11.8 Å². The molecule has 2 aromatic rings. The Morgan fingerprint density at radius 3 is 3.00 bits per heavy atom. The van der Waals surface area contributed by atoms with E-state index in [1.165, 1.54) is 0 Å². The summed E-state index contributed by atoms with van der Waals surface area (Å²) in [6, 6.07) is 3.85. The molecule has 20 heavy (non-hydrogen) atoms. The zero-order valence-corrected chi connectivity index (χ0v) is 11.5. The van der Waals surface area contributed by atoms with Crippen molar-refractivity contribution in [2.24, 2.45) is 11.7 Å². The minimum Gasteiger partial charge on any atom is -0.383 e. The minimum absolute atomic E-state index is 0.180. The van der Waals surface area contributed by atoms with Crippen molar-refractivity contribution in [3.63, 3.8) is 0 Å². The molecule has 1 aliphatic rings. The van der Waals surface area contributed by atoms with Crippen LogP contribution in [0.4, 0.5) is 5.82 Å². The number of carbonyl (C=O) groups excluding carboxylic acids is 2. The number of rotatable bonds is 3. The van der Waals surface area contributed by atoms with Crippen LogP contribution in [-0.4, -0.2) is 28.2 Å². The highest BCUT2D eigenvalue weighted by Crippen LogP contribution is 2.30. The van der Waals surface area contributed by atoms with Gasteiger partial charge in [-0.2, -0.15) is 0 Å². The number of nitrogens with two attached hydrogens (primary N) is 2. The Hall–Kier alpha value is -2.15. The molecule has 0 bridgehead atoms. The smallest absolute Gasteiger partial charge is 0.235 e. The fourth-order valence-corrected chi connectivity index (χ4v) is 3.54. The van der Waals surface area contributed by atoms with Crippen molar-refractivity contribution in [3.8, 4) is 0 Å². The van der Waals surface area contributed by atoms with Gasteiger partial charge in [0.25, 0.3) is 0 Å². The van der Waals surface area contributed by atoms with Gasteiger partial charge in [-0.15, -0.1) is 11.3 Å². The summed E-state index contributed by atoms with van der Waals surface area (Å²) in [4.78, 5) is 29.9. The second-order valence-electron chi connectivity index (χ2n) is 4.82. The fraction of sp³-hybridized carbons (Fsp3) is 0.308. The number of likely N-dealkylation sites (tertiary alicyclic amines) is 1. The summed E-state index contributed by atoms with van der Waals surface area (Å²) in [7, 11) is 0. The third-order valence-electron chi connectivity index (χ3n) is 3.51. The highest BCUT2D eigenvalue weighted by atomic mass is 32.1. The molecule has 1 saturated heterocycles. The predicted molar refractivity (Wildman–Crippen MR) is 76.8 cm³/mol. The Labute approximate surface area is 119 Å². The first-order valence-electron chi connectivity index (χ1n) is 6.27. The molecular weight excluding hydrogens is 276 g/mol. The van der Waals surface area contributed by atoms with Crippen LogP contribution in [0.5, 0.6) is 0 Å². The van der Waals surface area contributed by atoms with Gasteiger partial charge in [-0.25, -0.2) is 4.98 Å². The van der Waals surface area contributed by atoms with E-state index in [0.717, 1.165) is 15.0 Å². The average Bonchev–Trinajstić information content (AvgIpc) is 2.95. The van der Waals surface area contributed by atoms with Crippen molar-refractivity contribution in [3.05, 3.63) is 23.2 Å². The van der Waals surface area contributed by atoms with Gasteiger partial charge >= 0.3 is 0 Å². The second kappa shape index (κ2) is 4.75. The summed E-state index contributed by atoms with van der Waals surface area (Å²) in [5.74, 6) is -0.896. The van der Waals surface area contributed by atoms with Gasteiger partial charge < -0.3 is 16.4 Å². The molecule has 1 atom stereocenters. The zero-order valence-electron chi connectivity index (χ0n) is 10.7. The van der Waals surface area contributed by atoms with Crippen LogP contribution < -0.4 is 11.5 Å². The van der Waals surface area contributed by atoms with E-state index in [1.54, 1.807) is 22.4 Å². The number of pyridine rings is 1. The Kier molecular flexibility index (Phi) is 3.06. The molecule has 0 saturated carbocycles. The summed E-state index contributed by atoms with van der Waals surface area (Å²) in [5, 5.41) is 0.908. The molecule has 3 rings (SSSR count). The molecule has 1 fully saturated rings. The van der Waals surface area contributed by atoms with E-state index in [2.05, 4.69) is 4.98 Å². The lowest BCUT2D eigenvalue weighted by Gasteiger charge is -2.14. The predicted octanol–water partition coefficient (Wildman–Crippen LogP) is 0.712. The SMILES string of the molecule is NC(=O)[C@@H]1CCN(Cc2cc3c(N)nccc3s2)C1=O. The lowest BCUT2D eigenvalue weighted by atomic mass is 10.1. The second-order valence-corrected chi connectivity index (χ2v) is 5.99. The van der Waals surface area contributed by atoms with E-state index in [-0.39, 0.29) is 5.91 Å². The number of aromatic nitrogens is 1. The standard InChI is InChI=1S/C13H14N4O2S/c14-11-9-5-7(20-10(9)1-3-16-11)6-17-4-2-8(12(15)18)13(17)19/h1,3,5,8H,2,4,6H2,(H2,14,16)(H2,15,18)/t8-/m0/s1. The summed E-state index contributed by atoms with van der Waals surface area (Å²) >= 11 is 1.58. The summed E-state index contributed by atoms with van der Waals surface area (Å²) in [5.41, 5.74) is 11.0. The molecule has 3 heterocycles. The van der Waals surface area contributed by atoms with E-state index >= 15 is 0 Å². The van der Waals surface area contributed by atoms with Crippen molar-refractivity contribution < 1.29 is 9.59 Å². The van der Waals surface area contributed by atoms with Crippen LogP contribution in [-0.2, 0) is 16.1 Å². The van der Waals surface area contributed by atoms with Crippen LogP contribution >= 0.6 is 11.3 Å². The third kappa shape index (κ3) is 2.09. The maximum Gasteiger partial charge on any atom is 0.235 e. The van der Waals surface area contributed by atoms with Gasteiger partial charge in [0.1, 0.15) is 11.7 Å². The van der Waals surface area contributed by atoms with E-state index in [4.69, 9.17) is 11.5 Å². The largest absolute Gasteiger partial charge is 0.383 e. The molecule has 0 radical (unpaired) electrons. The van der Waals surface area contributed by atoms with Crippen molar-refractivity contribution in [2.45, 2.75) is 13.0 Å². The Morgan fingerprint density at radius 2 is 2.35 bits per heavy atom. The van der Waals surface area contributed by atoms with Crippen LogP contribution in [0.15, 0.2) is 18.3 Å². The molecule has 0 unspecified atom stereocenters. The van der Waals surface area contributed by atoms with E-state index in [1.807, 2.05) is 12.1 Å². The van der Waals surface area contributed by atoms with E-state index in [0.29, 0.717) is 25.3 Å². The highest BCUT2D eigenvalue weighted by Gasteiger charge is 2.35. The number of carbonyl (C=O) groups is 2. The van der Waals surface area contributed by atoms with Crippen LogP contribution in [0, 0.1) is 5.92 Å². The average molecular weight is 290 g/mol.